The normalized spacial score (nSPS) is 15.2. The first-order valence-electron chi connectivity index (χ1n) is 11.2. The number of hydrogen-bond acceptors (Lipinski definition) is 4. The van der Waals surface area contributed by atoms with Gasteiger partial charge in [0.2, 0.25) is 11.6 Å². The summed E-state index contributed by atoms with van der Waals surface area (Å²) in [7, 11) is 4.97. The monoisotopic (exact) mass is 433 g/mol. The Labute approximate surface area is 188 Å². The maximum Gasteiger partial charge on any atom is 0.227 e. The molecule has 0 spiro atoms. The van der Waals surface area contributed by atoms with Gasteiger partial charge >= 0.3 is 0 Å². The van der Waals surface area contributed by atoms with Crippen LogP contribution in [-0.2, 0) is 17.8 Å². The zero-order chi connectivity index (χ0) is 22.2. The minimum Gasteiger partial charge on any atom is -0.495 e. The van der Waals surface area contributed by atoms with Crippen molar-refractivity contribution in [2.45, 2.75) is 38.6 Å². The van der Waals surface area contributed by atoms with Crippen LogP contribution in [0.15, 0.2) is 36.5 Å². The van der Waals surface area contributed by atoms with Gasteiger partial charge in [0.05, 0.1) is 38.0 Å². The molecule has 2 aliphatic rings. The van der Waals surface area contributed by atoms with Crippen LogP contribution in [0.5, 0.6) is 17.2 Å². The summed E-state index contributed by atoms with van der Waals surface area (Å²) in [4.78, 5) is 12.9. The summed E-state index contributed by atoms with van der Waals surface area (Å²) in [6.07, 6.45) is 7.21. The second-order valence-electron chi connectivity index (χ2n) is 8.58. The van der Waals surface area contributed by atoms with Gasteiger partial charge in [-0.25, -0.2) is 0 Å². The molecule has 6 heteroatoms. The Morgan fingerprint density at radius 2 is 1.69 bits per heavy atom. The molecule has 0 saturated heterocycles. The molecule has 1 aliphatic heterocycles. The number of carbonyl (C=O) groups is 1. The number of aryl methyl sites for hydroxylation is 2. The van der Waals surface area contributed by atoms with Gasteiger partial charge in [0, 0.05) is 18.4 Å². The van der Waals surface area contributed by atoms with Crippen LogP contribution in [0.2, 0.25) is 0 Å². The van der Waals surface area contributed by atoms with E-state index in [0.29, 0.717) is 5.75 Å². The number of benzene rings is 2. The summed E-state index contributed by atoms with van der Waals surface area (Å²) in [6, 6.07) is 10.3. The van der Waals surface area contributed by atoms with Gasteiger partial charge in [0.25, 0.3) is 0 Å². The van der Waals surface area contributed by atoms with E-state index < -0.39 is 0 Å². The standard InChI is InChI=1S/C26H28N2O4/c1-30-22-9-8-17-12-21-19-14-24(32-3)23(31-2)13-18(19)10-11-28(21)15-20(17)25(22)27-26(29)16-6-4-5-7-16/h8-9,12-16H,4-7,10-11H2,1-3H3/p+1. The van der Waals surface area contributed by atoms with Gasteiger partial charge in [-0.2, -0.15) is 4.57 Å². The van der Waals surface area contributed by atoms with Crippen LogP contribution in [0, 0.1) is 5.92 Å². The fraction of sp³-hybridized carbons (Fsp3) is 0.385. The van der Waals surface area contributed by atoms with Crippen molar-refractivity contribution in [3.8, 4) is 28.5 Å². The molecule has 1 N–H and O–H groups in total. The molecule has 1 saturated carbocycles. The molecule has 3 aromatic rings. The van der Waals surface area contributed by atoms with Gasteiger partial charge in [-0.1, -0.05) is 18.9 Å². The van der Waals surface area contributed by atoms with E-state index in [2.05, 4.69) is 40.3 Å². The van der Waals surface area contributed by atoms with E-state index in [-0.39, 0.29) is 11.8 Å². The first-order chi connectivity index (χ1) is 15.6. The molecule has 2 aromatic carbocycles. The number of nitrogens with one attached hydrogen (secondary N) is 1. The van der Waals surface area contributed by atoms with E-state index in [4.69, 9.17) is 14.2 Å². The van der Waals surface area contributed by atoms with Crippen molar-refractivity contribution in [2.75, 3.05) is 26.6 Å². The van der Waals surface area contributed by atoms with E-state index in [1.165, 1.54) is 5.56 Å². The quantitative estimate of drug-likeness (QED) is 0.602. The smallest absolute Gasteiger partial charge is 0.227 e. The summed E-state index contributed by atoms with van der Waals surface area (Å²) in [5.74, 6) is 2.35. The van der Waals surface area contributed by atoms with E-state index in [0.717, 1.165) is 77.9 Å². The van der Waals surface area contributed by atoms with Gasteiger partial charge < -0.3 is 19.5 Å². The number of rotatable bonds is 5. The molecule has 0 unspecified atom stereocenters. The van der Waals surface area contributed by atoms with Gasteiger partial charge in [-0.15, -0.1) is 0 Å². The zero-order valence-corrected chi connectivity index (χ0v) is 18.9. The van der Waals surface area contributed by atoms with Crippen molar-refractivity contribution >= 4 is 22.4 Å². The molecule has 166 valence electrons. The Hall–Kier alpha value is -3.28. The fourth-order valence-electron chi connectivity index (χ4n) is 5.07. The summed E-state index contributed by atoms with van der Waals surface area (Å²) in [6.45, 7) is 0.848. The molecule has 0 radical (unpaired) electrons. The minimum absolute atomic E-state index is 0.0922. The zero-order valence-electron chi connectivity index (χ0n) is 18.9. The lowest BCUT2D eigenvalue weighted by molar-refractivity contribution is -0.686. The van der Waals surface area contributed by atoms with Gasteiger partial charge in [0.15, 0.2) is 24.2 Å². The summed E-state index contributed by atoms with van der Waals surface area (Å²) in [5.41, 5.74) is 4.27. The number of aromatic nitrogens is 1. The molecule has 1 aromatic heterocycles. The van der Waals surface area contributed by atoms with Crippen molar-refractivity contribution in [2.24, 2.45) is 5.92 Å². The largest absolute Gasteiger partial charge is 0.495 e. The molecule has 5 rings (SSSR count). The SMILES string of the molecule is COc1cc2c(cc1OC)-c1cc3ccc(OC)c(NC(=O)C4CCCC4)c3c[n+]1CC2. The average Bonchev–Trinajstić information content (AvgIpc) is 3.37. The number of fused-ring (bicyclic) bond motifs is 4. The molecule has 0 bridgehead atoms. The number of nitrogens with zero attached hydrogens (tertiary/aromatic N) is 1. The van der Waals surface area contributed by atoms with Gasteiger partial charge in [-0.05, 0) is 42.0 Å². The van der Waals surface area contributed by atoms with E-state index in [1.54, 1.807) is 21.3 Å². The van der Waals surface area contributed by atoms with E-state index >= 15 is 0 Å². The first kappa shape index (κ1) is 20.6. The summed E-state index contributed by atoms with van der Waals surface area (Å²) < 4.78 is 18.9. The molecular formula is C26H29N2O4+. The summed E-state index contributed by atoms with van der Waals surface area (Å²) >= 11 is 0. The van der Waals surface area contributed by atoms with Crippen LogP contribution < -0.4 is 24.1 Å². The lowest BCUT2D eigenvalue weighted by Gasteiger charge is -2.20. The Kier molecular flexibility index (Phi) is 5.37. The van der Waals surface area contributed by atoms with Crippen LogP contribution in [0.1, 0.15) is 31.2 Å². The van der Waals surface area contributed by atoms with Crippen molar-refractivity contribution in [3.05, 3.63) is 42.1 Å². The minimum atomic E-state index is 0.0922. The molecule has 0 atom stereocenters. The van der Waals surface area contributed by atoms with Crippen LogP contribution in [0.25, 0.3) is 22.0 Å². The molecular weight excluding hydrogens is 404 g/mol. The highest BCUT2D eigenvalue weighted by molar-refractivity contribution is 6.05. The predicted molar refractivity (Wildman–Crippen MR) is 124 cm³/mol. The average molecular weight is 434 g/mol. The number of carbonyl (C=O) groups excluding carboxylic acids is 1. The third-order valence-electron chi connectivity index (χ3n) is 6.83. The number of hydrogen-bond donors (Lipinski definition) is 1. The molecule has 32 heavy (non-hydrogen) atoms. The molecule has 1 amide bonds. The second-order valence-corrected chi connectivity index (χ2v) is 8.58. The van der Waals surface area contributed by atoms with E-state index in [1.807, 2.05) is 6.07 Å². The van der Waals surface area contributed by atoms with Gasteiger partial charge in [0.1, 0.15) is 5.75 Å². The summed E-state index contributed by atoms with van der Waals surface area (Å²) in [5, 5.41) is 5.24. The molecule has 6 nitrogen and oxygen atoms in total. The lowest BCUT2D eigenvalue weighted by atomic mass is 9.95. The molecule has 1 aliphatic carbocycles. The second kappa shape index (κ2) is 8.34. The Balaban J connectivity index is 1.62. The Morgan fingerprint density at radius 1 is 0.969 bits per heavy atom. The first-order valence-corrected chi connectivity index (χ1v) is 11.2. The third-order valence-corrected chi connectivity index (χ3v) is 6.83. The highest BCUT2D eigenvalue weighted by Crippen LogP contribution is 2.39. The van der Waals surface area contributed by atoms with Crippen molar-refractivity contribution < 1.29 is 23.6 Å². The van der Waals surface area contributed by atoms with E-state index in [9.17, 15) is 4.79 Å². The number of ether oxygens (including phenoxy) is 3. The van der Waals surface area contributed by atoms with Crippen molar-refractivity contribution in [3.63, 3.8) is 0 Å². The molecule has 2 heterocycles. The predicted octanol–water partition coefficient (Wildman–Crippen LogP) is 4.50. The highest BCUT2D eigenvalue weighted by atomic mass is 16.5. The maximum absolute atomic E-state index is 12.9. The van der Waals surface area contributed by atoms with Crippen LogP contribution in [-0.4, -0.2) is 27.2 Å². The van der Waals surface area contributed by atoms with Crippen molar-refractivity contribution in [1.82, 2.24) is 0 Å². The van der Waals surface area contributed by atoms with Crippen molar-refractivity contribution in [1.29, 1.82) is 0 Å². The van der Waals surface area contributed by atoms with Gasteiger partial charge in [-0.3, -0.25) is 4.79 Å². The lowest BCUT2D eigenvalue weighted by Crippen LogP contribution is -2.40. The highest BCUT2D eigenvalue weighted by Gasteiger charge is 2.28. The van der Waals surface area contributed by atoms with Crippen LogP contribution >= 0.6 is 0 Å². The van der Waals surface area contributed by atoms with Crippen LogP contribution in [0.3, 0.4) is 0 Å². The third kappa shape index (κ3) is 3.44. The number of methoxy groups -OCH3 is 3. The number of anilines is 1. The number of pyridine rings is 1. The fourth-order valence-corrected chi connectivity index (χ4v) is 5.07. The topological polar surface area (TPSA) is 60.7 Å². The molecule has 1 fully saturated rings. The Morgan fingerprint density at radius 3 is 2.41 bits per heavy atom. The van der Waals surface area contributed by atoms with Crippen LogP contribution in [0.4, 0.5) is 5.69 Å². The number of amides is 1. The maximum atomic E-state index is 12.9. The Bertz CT molecular complexity index is 1200.